The number of hydrogen-bond acceptors (Lipinski definition) is 2. The SMILES string of the molecule is CCOC(=O)N1c2ccccc2C(C)(c2ccccc2)CC1(C)C. The predicted octanol–water partition coefficient (Wildman–Crippen LogP) is 5.14. The first kappa shape index (κ1) is 16.6. The molecule has 24 heavy (non-hydrogen) atoms. The molecule has 0 N–H and O–H groups in total. The van der Waals surface area contributed by atoms with Crippen LogP contribution in [0.15, 0.2) is 54.6 Å². The van der Waals surface area contributed by atoms with E-state index in [-0.39, 0.29) is 17.0 Å². The van der Waals surface area contributed by atoms with Gasteiger partial charge in [0, 0.05) is 11.0 Å². The van der Waals surface area contributed by atoms with Crippen molar-refractivity contribution < 1.29 is 9.53 Å². The Hall–Kier alpha value is -2.29. The zero-order valence-electron chi connectivity index (χ0n) is 14.9. The highest BCUT2D eigenvalue weighted by Crippen LogP contribution is 2.50. The van der Waals surface area contributed by atoms with Crippen molar-refractivity contribution in [3.8, 4) is 0 Å². The molecule has 0 bridgehead atoms. The molecule has 1 unspecified atom stereocenters. The molecule has 1 amide bonds. The van der Waals surface area contributed by atoms with Gasteiger partial charge in [0.25, 0.3) is 0 Å². The monoisotopic (exact) mass is 323 g/mol. The third-order valence-corrected chi connectivity index (χ3v) is 4.99. The Morgan fingerprint density at radius 2 is 1.67 bits per heavy atom. The van der Waals surface area contributed by atoms with Gasteiger partial charge in [-0.25, -0.2) is 4.79 Å². The second-order valence-corrected chi connectivity index (χ2v) is 7.24. The number of benzene rings is 2. The number of hydrogen-bond donors (Lipinski definition) is 0. The maximum absolute atomic E-state index is 12.6. The van der Waals surface area contributed by atoms with E-state index in [4.69, 9.17) is 4.74 Å². The number of fused-ring (bicyclic) bond motifs is 1. The van der Waals surface area contributed by atoms with Crippen LogP contribution in [0.3, 0.4) is 0 Å². The van der Waals surface area contributed by atoms with Crippen molar-refractivity contribution in [3.63, 3.8) is 0 Å². The maximum Gasteiger partial charge on any atom is 0.414 e. The molecule has 126 valence electrons. The van der Waals surface area contributed by atoms with Crippen molar-refractivity contribution in [2.24, 2.45) is 0 Å². The largest absolute Gasteiger partial charge is 0.449 e. The van der Waals surface area contributed by atoms with Gasteiger partial charge in [-0.3, -0.25) is 4.90 Å². The number of ether oxygens (including phenoxy) is 1. The highest BCUT2D eigenvalue weighted by atomic mass is 16.6. The Balaban J connectivity index is 2.19. The van der Waals surface area contributed by atoms with Crippen molar-refractivity contribution in [2.75, 3.05) is 11.5 Å². The minimum absolute atomic E-state index is 0.148. The van der Waals surface area contributed by atoms with E-state index in [2.05, 4.69) is 51.1 Å². The number of amides is 1. The van der Waals surface area contributed by atoms with Crippen LogP contribution in [0.25, 0.3) is 0 Å². The Kier molecular flexibility index (Phi) is 4.12. The van der Waals surface area contributed by atoms with Crippen LogP contribution in [0.1, 0.15) is 45.2 Å². The summed E-state index contributed by atoms with van der Waals surface area (Å²) >= 11 is 0. The topological polar surface area (TPSA) is 29.5 Å². The van der Waals surface area contributed by atoms with Gasteiger partial charge >= 0.3 is 6.09 Å². The van der Waals surface area contributed by atoms with Crippen molar-refractivity contribution in [1.29, 1.82) is 0 Å². The van der Waals surface area contributed by atoms with E-state index in [1.54, 1.807) is 0 Å². The average molecular weight is 323 g/mol. The molecule has 0 aromatic heterocycles. The highest BCUT2D eigenvalue weighted by molar-refractivity contribution is 5.91. The van der Waals surface area contributed by atoms with Crippen LogP contribution in [0.4, 0.5) is 10.5 Å². The minimum atomic E-state index is -0.342. The molecule has 0 spiro atoms. The van der Waals surface area contributed by atoms with Crippen molar-refractivity contribution >= 4 is 11.8 Å². The summed E-state index contributed by atoms with van der Waals surface area (Å²) in [5.41, 5.74) is 2.89. The Bertz CT molecular complexity index is 739. The first-order valence-electron chi connectivity index (χ1n) is 8.52. The van der Waals surface area contributed by atoms with Gasteiger partial charge in [0.15, 0.2) is 0 Å². The number of carbonyl (C=O) groups excluding carboxylic acids is 1. The fraction of sp³-hybridized carbons (Fsp3) is 0.381. The summed E-state index contributed by atoms with van der Waals surface area (Å²) in [5.74, 6) is 0. The van der Waals surface area contributed by atoms with E-state index in [0.717, 1.165) is 12.1 Å². The van der Waals surface area contributed by atoms with Gasteiger partial charge in [0.05, 0.1) is 12.3 Å². The van der Waals surface area contributed by atoms with E-state index in [1.165, 1.54) is 11.1 Å². The molecule has 0 saturated carbocycles. The lowest BCUT2D eigenvalue weighted by Gasteiger charge is -2.50. The van der Waals surface area contributed by atoms with E-state index in [0.29, 0.717) is 6.61 Å². The molecule has 1 aliphatic rings. The highest BCUT2D eigenvalue weighted by Gasteiger charge is 2.48. The van der Waals surface area contributed by atoms with Gasteiger partial charge < -0.3 is 4.74 Å². The molecule has 2 aromatic rings. The number of anilines is 1. The summed E-state index contributed by atoms with van der Waals surface area (Å²) in [4.78, 5) is 14.4. The lowest BCUT2D eigenvalue weighted by Crippen LogP contribution is -2.56. The second kappa shape index (κ2) is 5.97. The lowest BCUT2D eigenvalue weighted by atomic mass is 9.65. The lowest BCUT2D eigenvalue weighted by molar-refractivity contribution is 0.148. The molecule has 0 aliphatic carbocycles. The van der Waals surface area contributed by atoms with E-state index >= 15 is 0 Å². The van der Waals surface area contributed by atoms with Crippen LogP contribution in [0.5, 0.6) is 0 Å². The number of para-hydroxylation sites is 1. The Morgan fingerprint density at radius 1 is 1.04 bits per heavy atom. The molecule has 0 saturated heterocycles. The van der Waals surface area contributed by atoms with Crippen molar-refractivity contribution in [3.05, 3.63) is 65.7 Å². The molecule has 2 aromatic carbocycles. The zero-order chi connectivity index (χ0) is 17.4. The summed E-state index contributed by atoms with van der Waals surface area (Å²) in [6.45, 7) is 8.71. The zero-order valence-corrected chi connectivity index (χ0v) is 14.9. The van der Waals surface area contributed by atoms with Crippen LogP contribution in [0, 0.1) is 0 Å². The van der Waals surface area contributed by atoms with E-state index in [1.807, 2.05) is 36.1 Å². The van der Waals surface area contributed by atoms with Crippen molar-refractivity contribution in [1.82, 2.24) is 0 Å². The van der Waals surface area contributed by atoms with Crippen LogP contribution in [0.2, 0.25) is 0 Å². The summed E-state index contributed by atoms with van der Waals surface area (Å²) in [5, 5.41) is 0. The minimum Gasteiger partial charge on any atom is -0.449 e. The number of rotatable bonds is 2. The summed E-state index contributed by atoms with van der Waals surface area (Å²) in [6, 6.07) is 18.7. The summed E-state index contributed by atoms with van der Waals surface area (Å²) < 4.78 is 5.33. The molecule has 3 nitrogen and oxygen atoms in total. The molecule has 1 atom stereocenters. The first-order valence-corrected chi connectivity index (χ1v) is 8.52. The number of nitrogens with zero attached hydrogens (tertiary/aromatic N) is 1. The fourth-order valence-electron chi connectivity index (χ4n) is 4.10. The van der Waals surface area contributed by atoms with Gasteiger partial charge in [0.2, 0.25) is 0 Å². The second-order valence-electron chi connectivity index (χ2n) is 7.24. The maximum atomic E-state index is 12.6. The molecule has 3 heteroatoms. The van der Waals surface area contributed by atoms with Crippen LogP contribution in [-0.4, -0.2) is 18.2 Å². The van der Waals surface area contributed by atoms with Gasteiger partial charge in [-0.15, -0.1) is 0 Å². The Labute approximate surface area is 144 Å². The molecule has 0 radical (unpaired) electrons. The molecule has 0 fully saturated rings. The van der Waals surface area contributed by atoms with Crippen molar-refractivity contribution in [2.45, 2.75) is 45.1 Å². The molecular formula is C21H25NO2. The van der Waals surface area contributed by atoms with Gasteiger partial charge in [-0.05, 0) is 44.4 Å². The summed E-state index contributed by atoms with van der Waals surface area (Å²) in [6.07, 6.45) is 0.560. The van der Waals surface area contributed by atoms with E-state index < -0.39 is 0 Å². The summed E-state index contributed by atoms with van der Waals surface area (Å²) in [7, 11) is 0. The van der Waals surface area contributed by atoms with E-state index in [9.17, 15) is 4.79 Å². The third-order valence-electron chi connectivity index (χ3n) is 4.99. The molecule has 1 aliphatic heterocycles. The van der Waals surface area contributed by atoms with Gasteiger partial charge in [0.1, 0.15) is 0 Å². The fourth-order valence-corrected chi connectivity index (χ4v) is 4.10. The third kappa shape index (κ3) is 2.58. The van der Waals surface area contributed by atoms with Crippen LogP contribution >= 0.6 is 0 Å². The molecule has 1 heterocycles. The van der Waals surface area contributed by atoms with Gasteiger partial charge in [-0.2, -0.15) is 0 Å². The standard InChI is InChI=1S/C21H25NO2/c1-5-24-19(23)22-18-14-10-9-13-17(18)21(4,15-20(22,2)3)16-11-7-6-8-12-16/h6-14H,5,15H2,1-4H3. The van der Waals surface area contributed by atoms with Crippen LogP contribution < -0.4 is 4.90 Å². The molecular weight excluding hydrogens is 298 g/mol. The normalized spacial score (nSPS) is 21.9. The predicted molar refractivity (Wildman–Crippen MR) is 97.5 cm³/mol. The smallest absolute Gasteiger partial charge is 0.414 e. The van der Waals surface area contributed by atoms with Gasteiger partial charge in [-0.1, -0.05) is 55.5 Å². The average Bonchev–Trinajstić information content (AvgIpc) is 2.55. The molecule has 3 rings (SSSR count). The Morgan fingerprint density at radius 3 is 2.33 bits per heavy atom. The number of carbonyl (C=O) groups is 1. The quantitative estimate of drug-likeness (QED) is 0.766. The van der Waals surface area contributed by atoms with Crippen LogP contribution in [-0.2, 0) is 10.2 Å². The first-order chi connectivity index (χ1) is 11.4.